The third-order valence-electron chi connectivity index (χ3n) is 2.56. The Morgan fingerprint density at radius 3 is 2.47 bits per heavy atom. The van der Waals surface area contributed by atoms with Gasteiger partial charge in [-0.1, -0.05) is 12.1 Å². The molecule has 2 rings (SSSR count). The first-order valence-electron chi connectivity index (χ1n) is 5.27. The number of carbonyl (C=O) groups is 1. The van der Waals surface area contributed by atoms with E-state index in [-0.39, 0.29) is 11.4 Å². The summed E-state index contributed by atoms with van der Waals surface area (Å²) in [4.78, 5) is 10.9. The topological polar surface area (TPSA) is 55.1 Å². The normalized spacial score (nSPS) is 11.6. The van der Waals surface area contributed by atoms with Gasteiger partial charge >= 0.3 is 12.1 Å². The predicted octanol–water partition coefficient (Wildman–Crippen LogP) is 2.90. The van der Waals surface area contributed by atoms with Gasteiger partial charge in [-0.05, 0) is 19.1 Å². The number of halogens is 3. The lowest BCUT2D eigenvalue weighted by atomic mass is 10.1. The van der Waals surface area contributed by atoms with Gasteiger partial charge in [0.25, 0.3) is 0 Å². The van der Waals surface area contributed by atoms with E-state index in [4.69, 9.17) is 5.11 Å². The van der Waals surface area contributed by atoms with Gasteiger partial charge in [0, 0.05) is 11.8 Å². The van der Waals surface area contributed by atoms with E-state index >= 15 is 0 Å². The molecule has 0 saturated heterocycles. The summed E-state index contributed by atoms with van der Waals surface area (Å²) >= 11 is 0. The molecule has 4 nitrogen and oxygen atoms in total. The van der Waals surface area contributed by atoms with Crippen molar-refractivity contribution in [2.75, 3.05) is 0 Å². The van der Waals surface area contributed by atoms with Crippen LogP contribution in [-0.4, -0.2) is 20.9 Å². The second-order valence-electron chi connectivity index (χ2n) is 3.93. The van der Waals surface area contributed by atoms with E-state index in [1.54, 1.807) is 0 Å². The molecule has 0 aliphatic rings. The van der Waals surface area contributed by atoms with Crippen molar-refractivity contribution in [3.8, 4) is 5.69 Å². The van der Waals surface area contributed by atoms with Crippen LogP contribution in [0.4, 0.5) is 13.2 Å². The summed E-state index contributed by atoms with van der Waals surface area (Å²) in [5, 5.41) is 12.5. The lowest BCUT2D eigenvalue weighted by molar-refractivity contribution is -0.137. The van der Waals surface area contributed by atoms with E-state index < -0.39 is 17.7 Å². The molecule has 0 unspecified atom stereocenters. The van der Waals surface area contributed by atoms with E-state index in [9.17, 15) is 18.0 Å². The quantitative estimate of drug-likeness (QED) is 0.912. The zero-order valence-corrected chi connectivity index (χ0v) is 9.77. The highest BCUT2D eigenvalue weighted by Crippen LogP contribution is 2.33. The zero-order valence-electron chi connectivity index (χ0n) is 9.77. The SMILES string of the molecule is Cc1cn(-c2ccccc2C(F)(F)F)nc1C(=O)O. The smallest absolute Gasteiger partial charge is 0.418 e. The maximum absolute atomic E-state index is 12.8. The molecule has 0 amide bonds. The Morgan fingerprint density at radius 2 is 1.95 bits per heavy atom. The molecule has 0 radical (unpaired) electrons. The van der Waals surface area contributed by atoms with Crippen LogP contribution in [0.5, 0.6) is 0 Å². The molecular formula is C12H9F3N2O2. The van der Waals surface area contributed by atoms with Gasteiger partial charge in [0.15, 0.2) is 5.69 Å². The molecule has 100 valence electrons. The van der Waals surface area contributed by atoms with Crippen LogP contribution in [0, 0.1) is 6.92 Å². The molecule has 0 atom stereocenters. The minimum atomic E-state index is -4.53. The first kappa shape index (κ1) is 13.1. The monoisotopic (exact) mass is 270 g/mol. The molecule has 0 bridgehead atoms. The molecule has 0 aliphatic heterocycles. The van der Waals surface area contributed by atoms with E-state index in [0.29, 0.717) is 5.56 Å². The van der Waals surface area contributed by atoms with Gasteiger partial charge in [-0.15, -0.1) is 0 Å². The van der Waals surface area contributed by atoms with Crippen molar-refractivity contribution >= 4 is 5.97 Å². The number of carboxylic acid groups (broad SMARTS) is 1. The number of benzene rings is 1. The number of aromatic carboxylic acids is 1. The molecule has 1 aromatic heterocycles. The minimum Gasteiger partial charge on any atom is -0.476 e. The minimum absolute atomic E-state index is 0.203. The maximum Gasteiger partial charge on any atom is 0.418 e. The van der Waals surface area contributed by atoms with Gasteiger partial charge in [-0.25, -0.2) is 9.48 Å². The fourth-order valence-corrected chi connectivity index (χ4v) is 1.71. The van der Waals surface area contributed by atoms with Crippen LogP contribution in [0.3, 0.4) is 0 Å². The van der Waals surface area contributed by atoms with Crippen molar-refractivity contribution in [3.05, 3.63) is 47.3 Å². The summed E-state index contributed by atoms with van der Waals surface area (Å²) in [7, 11) is 0. The summed E-state index contributed by atoms with van der Waals surface area (Å²) in [6.45, 7) is 1.48. The second-order valence-corrected chi connectivity index (χ2v) is 3.93. The molecule has 1 aromatic carbocycles. The summed E-state index contributed by atoms with van der Waals surface area (Å²) in [6.07, 6.45) is -3.27. The van der Waals surface area contributed by atoms with Crippen LogP contribution in [-0.2, 0) is 6.18 Å². The Labute approximate surface area is 106 Å². The van der Waals surface area contributed by atoms with Crippen molar-refractivity contribution in [3.63, 3.8) is 0 Å². The summed E-state index contributed by atoms with van der Waals surface area (Å²) in [6, 6.07) is 4.86. The first-order chi connectivity index (χ1) is 8.80. The van der Waals surface area contributed by atoms with Crippen LogP contribution in [0.1, 0.15) is 21.6 Å². The van der Waals surface area contributed by atoms with Crippen molar-refractivity contribution in [2.24, 2.45) is 0 Å². The van der Waals surface area contributed by atoms with Gasteiger partial charge in [-0.2, -0.15) is 18.3 Å². The molecule has 19 heavy (non-hydrogen) atoms. The number of hydrogen-bond acceptors (Lipinski definition) is 2. The maximum atomic E-state index is 12.8. The van der Waals surface area contributed by atoms with Crippen LogP contribution in [0.2, 0.25) is 0 Å². The third-order valence-corrected chi connectivity index (χ3v) is 2.56. The lowest BCUT2D eigenvalue weighted by Crippen LogP contribution is -2.11. The number of para-hydroxylation sites is 1. The fraction of sp³-hybridized carbons (Fsp3) is 0.167. The van der Waals surface area contributed by atoms with Crippen LogP contribution in [0.25, 0.3) is 5.69 Å². The number of rotatable bonds is 2. The van der Waals surface area contributed by atoms with Gasteiger partial charge < -0.3 is 5.11 Å². The predicted molar refractivity (Wildman–Crippen MR) is 60.3 cm³/mol. The van der Waals surface area contributed by atoms with Gasteiger partial charge in [0.05, 0.1) is 11.3 Å². The molecule has 0 aliphatic carbocycles. The van der Waals surface area contributed by atoms with Crippen molar-refractivity contribution in [1.29, 1.82) is 0 Å². The summed E-state index contributed by atoms with van der Waals surface area (Å²) < 4.78 is 39.5. The van der Waals surface area contributed by atoms with Crippen LogP contribution in [0.15, 0.2) is 30.5 Å². The third kappa shape index (κ3) is 2.44. The highest BCUT2D eigenvalue weighted by atomic mass is 19.4. The van der Waals surface area contributed by atoms with Gasteiger partial charge in [0.1, 0.15) is 0 Å². The Balaban J connectivity index is 2.60. The van der Waals surface area contributed by atoms with E-state index in [2.05, 4.69) is 5.10 Å². The highest BCUT2D eigenvalue weighted by molar-refractivity contribution is 5.86. The van der Waals surface area contributed by atoms with Gasteiger partial charge in [-0.3, -0.25) is 0 Å². The molecule has 2 aromatic rings. The van der Waals surface area contributed by atoms with Crippen LogP contribution < -0.4 is 0 Å². The standard InChI is InChI=1S/C12H9F3N2O2/c1-7-6-17(16-10(7)11(18)19)9-5-3-2-4-8(9)12(13,14)15/h2-6H,1H3,(H,18,19). The second kappa shape index (κ2) is 4.42. The molecule has 0 spiro atoms. The highest BCUT2D eigenvalue weighted by Gasteiger charge is 2.34. The van der Waals surface area contributed by atoms with Crippen molar-refractivity contribution in [2.45, 2.75) is 13.1 Å². The molecular weight excluding hydrogens is 261 g/mol. The largest absolute Gasteiger partial charge is 0.476 e. The number of hydrogen-bond donors (Lipinski definition) is 1. The molecule has 0 fully saturated rings. The van der Waals surface area contributed by atoms with E-state index in [1.165, 1.54) is 31.3 Å². The van der Waals surface area contributed by atoms with Crippen LogP contribution >= 0.6 is 0 Å². The Kier molecular flexibility index (Phi) is 3.05. The van der Waals surface area contributed by atoms with E-state index in [0.717, 1.165) is 10.7 Å². The number of nitrogens with zero attached hydrogens (tertiary/aromatic N) is 2. The number of aryl methyl sites for hydroxylation is 1. The van der Waals surface area contributed by atoms with Crippen molar-refractivity contribution in [1.82, 2.24) is 9.78 Å². The molecule has 0 saturated carbocycles. The summed E-state index contributed by atoms with van der Waals surface area (Å²) in [5.41, 5.74) is -1.04. The number of aromatic nitrogens is 2. The van der Waals surface area contributed by atoms with Gasteiger partial charge in [0.2, 0.25) is 0 Å². The first-order valence-corrected chi connectivity index (χ1v) is 5.27. The average molecular weight is 270 g/mol. The molecule has 1 heterocycles. The Bertz CT molecular complexity index is 632. The lowest BCUT2D eigenvalue weighted by Gasteiger charge is -2.12. The molecule has 1 N–H and O–H groups in total. The zero-order chi connectivity index (χ0) is 14.2. The Hall–Kier alpha value is -2.31. The average Bonchev–Trinajstić information content (AvgIpc) is 2.70. The molecule has 7 heteroatoms. The number of alkyl halides is 3. The summed E-state index contributed by atoms with van der Waals surface area (Å²) in [5.74, 6) is -1.28. The fourth-order valence-electron chi connectivity index (χ4n) is 1.71. The van der Waals surface area contributed by atoms with Crippen molar-refractivity contribution < 1.29 is 23.1 Å². The van der Waals surface area contributed by atoms with E-state index in [1.807, 2.05) is 0 Å². The number of carboxylic acids is 1. The Morgan fingerprint density at radius 1 is 1.32 bits per heavy atom.